The molecule has 3 heterocycles. The molecule has 2 N–H and O–H groups in total. The zero-order valence-electron chi connectivity index (χ0n) is 22.2. The van der Waals surface area contributed by atoms with Gasteiger partial charge in [-0.3, -0.25) is 24.2 Å². The van der Waals surface area contributed by atoms with E-state index < -0.39 is 12.0 Å². The van der Waals surface area contributed by atoms with Gasteiger partial charge in [-0.15, -0.1) is 0 Å². The van der Waals surface area contributed by atoms with Crippen LogP contribution in [-0.2, 0) is 4.79 Å². The van der Waals surface area contributed by atoms with E-state index in [2.05, 4.69) is 15.6 Å². The molecule has 1 saturated heterocycles. The van der Waals surface area contributed by atoms with Crippen molar-refractivity contribution in [2.45, 2.75) is 94.7 Å². The number of piperidine rings is 1. The topological polar surface area (TPSA) is 92.2 Å². The van der Waals surface area contributed by atoms with Gasteiger partial charge in [0.1, 0.15) is 0 Å². The second kappa shape index (κ2) is 12.3. The molecule has 2 amide bonds. The van der Waals surface area contributed by atoms with Crippen LogP contribution in [0.25, 0.3) is 11.3 Å². The number of carbonyl (C=O) groups excluding carboxylic acids is 2. The minimum Gasteiger partial charge on any atom is -0.353 e. The first-order chi connectivity index (χ1) is 18.8. The maximum Gasteiger partial charge on any atom is 0.272 e. The molecule has 0 bridgehead atoms. The van der Waals surface area contributed by atoms with E-state index in [1.54, 1.807) is 23.4 Å². The Morgan fingerprint density at radius 2 is 1.95 bits per heavy atom. The number of amides is 2. The van der Waals surface area contributed by atoms with E-state index in [-0.39, 0.29) is 49.0 Å². The first-order valence-corrected chi connectivity index (χ1v) is 14.5. The summed E-state index contributed by atoms with van der Waals surface area (Å²) >= 11 is 6.45. The lowest BCUT2D eigenvalue weighted by molar-refractivity contribution is -0.122. The molecule has 8 nitrogen and oxygen atoms in total. The van der Waals surface area contributed by atoms with Gasteiger partial charge < -0.3 is 10.6 Å². The third kappa shape index (κ3) is 7.14. The standard InChI is InChI=1S/C28H37ClF2N6O2/c29-23-17-32-12-9-22(23)25-16-24(35-37(25)21-7-1-2-8-21)27(39)34-20(15-26(38)33-19-5-3-6-19)10-14-36-13-4-11-28(30,31)18-36/h9,12,16-17,19-21H,1-8,10-11,13-15,18H2,(H,33,38)(H,34,39)/t20-/m0/s1. The van der Waals surface area contributed by atoms with Crippen LogP contribution in [0.1, 0.15) is 87.2 Å². The van der Waals surface area contributed by atoms with Crippen LogP contribution in [0, 0.1) is 0 Å². The maximum atomic E-state index is 13.9. The molecule has 212 valence electrons. The zero-order chi connectivity index (χ0) is 27.4. The number of carbonyl (C=O) groups is 2. The number of likely N-dealkylation sites (tertiary alicyclic amines) is 1. The van der Waals surface area contributed by atoms with Crippen LogP contribution in [0.15, 0.2) is 24.5 Å². The molecular weight excluding hydrogens is 526 g/mol. The average molecular weight is 563 g/mol. The summed E-state index contributed by atoms with van der Waals surface area (Å²) in [7, 11) is 0. The Balaban J connectivity index is 1.32. The molecule has 1 atom stereocenters. The Bertz CT molecular complexity index is 1160. The number of alkyl halides is 2. The molecule has 0 spiro atoms. The van der Waals surface area contributed by atoms with E-state index in [4.69, 9.17) is 16.7 Å². The summed E-state index contributed by atoms with van der Waals surface area (Å²) in [5.74, 6) is -3.21. The van der Waals surface area contributed by atoms with Gasteiger partial charge in [-0.1, -0.05) is 24.4 Å². The first kappa shape index (κ1) is 28.0. The van der Waals surface area contributed by atoms with Crippen molar-refractivity contribution in [1.82, 2.24) is 30.3 Å². The number of halogens is 3. The monoisotopic (exact) mass is 562 g/mol. The molecule has 0 unspecified atom stereocenters. The predicted octanol–water partition coefficient (Wildman–Crippen LogP) is 4.99. The summed E-state index contributed by atoms with van der Waals surface area (Å²) in [6, 6.07) is 3.41. The molecule has 2 aliphatic carbocycles. The average Bonchev–Trinajstić information content (AvgIpc) is 3.55. The summed E-state index contributed by atoms with van der Waals surface area (Å²) in [6.45, 7) is 0.682. The highest BCUT2D eigenvalue weighted by Gasteiger charge is 2.35. The fourth-order valence-electron chi connectivity index (χ4n) is 5.84. The Morgan fingerprint density at radius 3 is 2.64 bits per heavy atom. The van der Waals surface area contributed by atoms with Crippen LogP contribution in [-0.4, -0.2) is 69.1 Å². The van der Waals surface area contributed by atoms with Crippen molar-refractivity contribution >= 4 is 23.4 Å². The highest BCUT2D eigenvalue weighted by Crippen LogP contribution is 2.36. The zero-order valence-corrected chi connectivity index (χ0v) is 22.9. The van der Waals surface area contributed by atoms with E-state index in [1.165, 1.54) is 0 Å². The number of hydrogen-bond acceptors (Lipinski definition) is 5. The number of aromatic nitrogens is 3. The lowest BCUT2D eigenvalue weighted by Crippen LogP contribution is -2.47. The van der Waals surface area contributed by atoms with Crippen LogP contribution in [0.2, 0.25) is 5.02 Å². The second-order valence-corrected chi connectivity index (χ2v) is 11.7. The van der Waals surface area contributed by atoms with E-state index in [1.807, 2.05) is 10.7 Å². The summed E-state index contributed by atoms with van der Waals surface area (Å²) in [5, 5.41) is 11.2. The quantitative estimate of drug-likeness (QED) is 0.425. The van der Waals surface area contributed by atoms with E-state index in [9.17, 15) is 18.4 Å². The molecule has 39 heavy (non-hydrogen) atoms. The SMILES string of the molecule is O=C(C[C@H](CCN1CCCC(F)(F)C1)NC(=O)c1cc(-c2ccncc2Cl)n(C2CCCC2)n1)NC1CCC1. The number of pyridine rings is 1. The van der Waals surface area contributed by atoms with Gasteiger partial charge in [0.25, 0.3) is 11.8 Å². The van der Waals surface area contributed by atoms with Crippen LogP contribution < -0.4 is 10.6 Å². The van der Waals surface area contributed by atoms with Crippen LogP contribution in [0.4, 0.5) is 8.78 Å². The van der Waals surface area contributed by atoms with Gasteiger partial charge in [0.2, 0.25) is 5.91 Å². The molecule has 5 rings (SSSR count). The molecule has 2 aromatic heterocycles. The summed E-state index contributed by atoms with van der Waals surface area (Å²) < 4.78 is 29.8. The molecule has 0 aromatic carbocycles. The maximum absolute atomic E-state index is 13.9. The number of hydrogen-bond donors (Lipinski definition) is 2. The van der Waals surface area contributed by atoms with Gasteiger partial charge in [0, 0.05) is 49.4 Å². The molecular formula is C28H37ClF2N6O2. The molecule has 2 aromatic rings. The van der Waals surface area contributed by atoms with Crippen LogP contribution >= 0.6 is 11.6 Å². The minimum absolute atomic E-state index is 0.0961. The third-order valence-corrected chi connectivity index (χ3v) is 8.49. The number of nitrogens with one attached hydrogen (secondary N) is 2. The van der Waals surface area contributed by atoms with Crippen molar-refractivity contribution in [2.24, 2.45) is 0 Å². The van der Waals surface area contributed by atoms with Crippen molar-refractivity contribution in [1.29, 1.82) is 0 Å². The highest BCUT2D eigenvalue weighted by molar-refractivity contribution is 6.33. The number of rotatable bonds is 10. The predicted molar refractivity (Wildman–Crippen MR) is 145 cm³/mol. The molecule has 2 saturated carbocycles. The van der Waals surface area contributed by atoms with Gasteiger partial charge in [-0.25, -0.2) is 8.78 Å². The van der Waals surface area contributed by atoms with Crippen LogP contribution in [0.3, 0.4) is 0 Å². The van der Waals surface area contributed by atoms with Gasteiger partial charge in [-0.2, -0.15) is 5.10 Å². The molecule has 3 aliphatic rings. The Labute approximate surface area is 232 Å². The molecule has 3 fully saturated rings. The largest absolute Gasteiger partial charge is 0.353 e. The third-order valence-electron chi connectivity index (χ3n) is 8.19. The van der Waals surface area contributed by atoms with Crippen molar-refractivity contribution in [3.63, 3.8) is 0 Å². The normalized spacial score (nSPS) is 20.9. The van der Waals surface area contributed by atoms with Crippen LogP contribution in [0.5, 0.6) is 0 Å². The minimum atomic E-state index is -2.70. The molecule has 0 radical (unpaired) electrons. The van der Waals surface area contributed by atoms with Crippen molar-refractivity contribution < 1.29 is 18.4 Å². The van der Waals surface area contributed by atoms with Gasteiger partial charge in [0.15, 0.2) is 5.69 Å². The summed E-state index contributed by atoms with van der Waals surface area (Å²) in [5.41, 5.74) is 1.76. The first-order valence-electron chi connectivity index (χ1n) is 14.2. The molecule has 1 aliphatic heterocycles. The Morgan fingerprint density at radius 1 is 1.15 bits per heavy atom. The summed E-state index contributed by atoms with van der Waals surface area (Å²) in [6.07, 6.45) is 11.2. The fraction of sp³-hybridized carbons (Fsp3) is 0.643. The van der Waals surface area contributed by atoms with Gasteiger partial charge in [-0.05, 0) is 63.6 Å². The van der Waals surface area contributed by atoms with Crippen molar-refractivity contribution in [3.05, 3.63) is 35.2 Å². The fourth-order valence-corrected chi connectivity index (χ4v) is 6.06. The Kier molecular flexibility index (Phi) is 8.81. The molecule has 11 heteroatoms. The van der Waals surface area contributed by atoms with Crippen molar-refractivity contribution in [3.8, 4) is 11.3 Å². The van der Waals surface area contributed by atoms with E-state index >= 15 is 0 Å². The van der Waals surface area contributed by atoms with Gasteiger partial charge >= 0.3 is 0 Å². The second-order valence-electron chi connectivity index (χ2n) is 11.2. The summed E-state index contributed by atoms with van der Waals surface area (Å²) in [4.78, 5) is 32.0. The Hall–Kier alpha value is -2.59. The highest BCUT2D eigenvalue weighted by atomic mass is 35.5. The lowest BCUT2D eigenvalue weighted by Gasteiger charge is -2.33. The smallest absolute Gasteiger partial charge is 0.272 e. The lowest BCUT2D eigenvalue weighted by atomic mass is 9.93. The van der Waals surface area contributed by atoms with Crippen molar-refractivity contribution in [2.75, 3.05) is 19.6 Å². The van der Waals surface area contributed by atoms with E-state index in [0.29, 0.717) is 31.0 Å². The van der Waals surface area contributed by atoms with E-state index in [0.717, 1.165) is 56.2 Å². The van der Waals surface area contributed by atoms with Gasteiger partial charge in [0.05, 0.1) is 23.3 Å². The number of nitrogens with zero attached hydrogens (tertiary/aromatic N) is 4.